The van der Waals surface area contributed by atoms with Gasteiger partial charge in [-0.15, -0.1) is 0 Å². The van der Waals surface area contributed by atoms with E-state index in [-0.39, 0.29) is 11.8 Å². The van der Waals surface area contributed by atoms with Crippen molar-refractivity contribution in [1.82, 2.24) is 10.0 Å². The van der Waals surface area contributed by atoms with E-state index in [9.17, 15) is 13.2 Å². The molecule has 4 N–H and O–H groups in total. The third kappa shape index (κ3) is 5.01. The predicted octanol–water partition coefficient (Wildman–Crippen LogP) is -0.831. The summed E-state index contributed by atoms with van der Waals surface area (Å²) in [6.45, 7) is 2.50. The lowest BCUT2D eigenvalue weighted by Crippen LogP contribution is -2.53. The average molecular weight is 263 g/mol. The van der Waals surface area contributed by atoms with E-state index in [1.54, 1.807) is 6.92 Å². The molecule has 1 fully saturated rings. The van der Waals surface area contributed by atoms with Gasteiger partial charge in [0.1, 0.15) is 0 Å². The Morgan fingerprint density at radius 1 is 1.41 bits per heavy atom. The molecule has 1 aliphatic carbocycles. The topological polar surface area (TPSA) is 101 Å². The van der Waals surface area contributed by atoms with Gasteiger partial charge < -0.3 is 11.1 Å². The Kier molecular flexibility index (Phi) is 4.51. The Bertz CT molecular complexity index is 374. The van der Waals surface area contributed by atoms with Gasteiger partial charge in [0, 0.05) is 13.1 Å². The van der Waals surface area contributed by atoms with Crippen LogP contribution in [0.1, 0.15) is 26.2 Å². The lowest BCUT2D eigenvalue weighted by Gasteiger charge is -2.23. The van der Waals surface area contributed by atoms with E-state index in [0.717, 1.165) is 19.1 Å². The molecule has 0 aromatic heterocycles. The maximum absolute atomic E-state index is 11.7. The van der Waals surface area contributed by atoms with Crippen molar-refractivity contribution in [3.63, 3.8) is 0 Å². The fourth-order valence-corrected chi connectivity index (χ4v) is 2.12. The number of nitrogens with two attached hydrogens (primary N) is 1. The van der Waals surface area contributed by atoms with Crippen LogP contribution in [0.4, 0.5) is 0 Å². The third-order valence-corrected chi connectivity index (χ3v) is 3.65. The fraction of sp³-hybridized carbons (Fsp3) is 0.900. The van der Waals surface area contributed by atoms with Crippen molar-refractivity contribution in [1.29, 1.82) is 0 Å². The molecule has 1 aliphatic rings. The second-order valence-corrected chi connectivity index (χ2v) is 6.67. The minimum Gasteiger partial charge on any atom is -0.354 e. The van der Waals surface area contributed by atoms with Crippen molar-refractivity contribution in [3.8, 4) is 0 Å². The maximum Gasteiger partial charge on any atom is 0.240 e. The lowest BCUT2D eigenvalue weighted by atomic mass is 9.96. The zero-order chi connectivity index (χ0) is 13.1. The first-order valence-corrected chi connectivity index (χ1v) is 7.64. The molecular formula is C10H21N3O3S. The molecule has 0 aromatic carbocycles. The van der Waals surface area contributed by atoms with Gasteiger partial charge in [-0.3, -0.25) is 4.79 Å². The van der Waals surface area contributed by atoms with Crippen molar-refractivity contribution in [2.24, 2.45) is 11.7 Å². The van der Waals surface area contributed by atoms with Crippen molar-refractivity contribution < 1.29 is 13.2 Å². The van der Waals surface area contributed by atoms with Crippen LogP contribution in [0.15, 0.2) is 0 Å². The first kappa shape index (κ1) is 14.4. The summed E-state index contributed by atoms with van der Waals surface area (Å²) in [5, 5.41) is 2.73. The summed E-state index contributed by atoms with van der Waals surface area (Å²) in [6.07, 6.45) is 3.68. The predicted molar refractivity (Wildman–Crippen MR) is 65.8 cm³/mol. The van der Waals surface area contributed by atoms with Crippen LogP contribution in [0.5, 0.6) is 0 Å². The summed E-state index contributed by atoms with van der Waals surface area (Å²) in [5.41, 5.74) is 5.14. The number of carbonyl (C=O) groups is 1. The standard InChI is InChI=1S/C10H21N3O3S/c1-10(11,8-4-5-8)9(14)12-6-3-7-13-17(2,15)16/h8,13H,3-7,11H2,1-2H3,(H,12,14). The molecule has 0 saturated heterocycles. The van der Waals surface area contributed by atoms with Gasteiger partial charge in [0.2, 0.25) is 15.9 Å². The van der Waals surface area contributed by atoms with Crippen molar-refractivity contribution >= 4 is 15.9 Å². The Morgan fingerprint density at radius 3 is 2.47 bits per heavy atom. The summed E-state index contributed by atoms with van der Waals surface area (Å²) in [6, 6.07) is 0. The summed E-state index contributed by atoms with van der Waals surface area (Å²) in [4.78, 5) is 11.7. The molecule has 0 radical (unpaired) electrons. The summed E-state index contributed by atoms with van der Waals surface area (Å²) in [7, 11) is -3.14. The van der Waals surface area contributed by atoms with E-state index in [0.29, 0.717) is 19.5 Å². The van der Waals surface area contributed by atoms with E-state index in [2.05, 4.69) is 10.0 Å². The number of sulfonamides is 1. The molecule has 7 heteroatoms. The molecule has 1 amide bonds. The number of nitrogens with one attached hydrogen (secondary N) is 2. The van der Waals surface area contributed by atoms with Crippen LogP contribution in [0.25, 0.3) is 0 Å². The average Bonchev–Trinajstić information content (AvgIpc) is 2.98. The highest BCUT2D eigenvalue weighted by Crippen LogP contribution is 2.37. The molecule has 6 nitrogen and oxygen atoms in total. The van der Waals surface area contributed by atoms with Gasteiger partial charge in [-0.25, -0.2) is 13.1 Å². The smallest absolute Gasteiger partial charge is 0.240 e. The molecule has 0 spiro atoms. The van der Waals surface area contributed by atoms with Gasteiger partial charge >= 0.3 is 0 Å². The largest absolute Gasteiger partial charge is 0.354 e. The Hall–Kier alpha value is -0.660. The summed E-state index contributed by atoms with van der Waals surface area (Å²) >= 11 is 0. The van der Waals surface area contributed by atoms with Crippen LogP contribution in [0.3, 0.4) is 0 Å². The quantitative estimate of drug-likeness (QED) is 0.522. The van der Waals surface area contributed by atoms with Crippen LogP contribution >= 0.6 is 0 Å². The van der Waals surface area contributed by atoms with Crippen molar-refractivity contribution in [2.75, 3.05) is 19.3 Å². The lowest BCUT2D eigenvalue weighted by molar-refractivity contribution is -0.126. The van der Waals surface area contributed by atoms with Gasteiger partial charge in [-0.1, -0.05) is 0 Å². The van der Waals surface area contributed by atoms with Crippen LogP contribution < -0.4 is 15.8 Å². The highest BCUT2D eigenvalue weighted by molar-refractivity contribution is 7.88. The number of hydrogen-bond donors (Lipinski definition) is 3. The maximum atomic E-state index is 11.7. The minimum absolute atomic E-state index is 0.153. The Morgan fingerprint density at radius 2 is 2.00 bits per heavy atom. The molecule has 1 atom stereocenters. The normalized spacial score (nSPS) is 19.7. The fourth-order valence-electron chi connectivity index (χ4n) is 1.61. The molecule has 0 bridgehead atoms. The van der Waals surface area contributed by atoms with Crippen molar-refractivity contribution in [2.45, 2.75) is 31.7 Å². The molecule has 100 valence electrons. The van der Waals surface area contributed by atoms with E-state index in [1.165, 1.54) is 0 Å². The van der Waals surface area contributed by atoms with E-state index >= 15 is 0 Å². The van der Waals surface area contributed by atoms with Crippen LogP contribution in [-0.4, -0.2) is 39.2 Å². The monoisotopic (exact) mass is 263 g/mol. The third-order valence-electron chi connectivity index (χ3n) is 2.92. The first-order chi connectivity index (χ1) is 7.73. The molecule has 1 rings (SSSR count). The second-order valence-electron chi connectivity index (χ2n) is 4.83. The number of amides is 1. The molecule has 0 aliphatic heterocycles. The van der Waals surface area contributed by atoms with E-state index in [4.69, 9.17) is 5.73 Å². The van der Waals surface area contributed by atoms with Crippen LogP contribution in [-0.2, 0) is 14.8 Å². The summed E-state index contributed by atoms with van der Waals surface area (Å²) in [5.74, 6) is 0.135. The molecule has 0 aromatic rings. The molecule has 17 heavy (non-hydrogen) atoms. The van der Waals surface area contributed by atoms with Gasteiger partial charge in [0.15, 0.2) is 0 Å². The zero-order valence-corrected chi connectivity index (χ0v) is 11.1. The highest BCUT2D eigenvalue weighted by Gasteiger charge is 2.43. The Balaban J connectivity index is 2.16. The zero-order valence-electron chi connectivity index (χ0n) is 10.3. The minimum atomic E-state index is -3.14. The van der Waals surface area contributed by atoms with Crippen LogP contribution in [0, 0.1) is 5.92 Å². The molecule has 0 heterocycles. The van der Waals surface area contributed by atoms with Gasteiger partial charge in [0.25, 0.3) is 0 Å². The van der Waals surface area contributed by atoms with E-state index in [1.807, 2.05) is 0 Å². The SMILES string of the molecule is CC(N)(C(=O)NCCCNS(C)(=O)=O)C1CC1. The Labute approximate surface area is 102 Å². The number of carbonyl (C=O) groups excluding carboxylic acids is 1. The second kappa shape index (κ2) is 5.32. The van der Waals surface area contributed by atoms with Crippen molar-refractivity contribution in [3.05, 3.63) is 0 Å². The first-order valence-electron chi connectivity index (χ1n) is 5.75. The van der Waals surface area contributed by atoms with Gasteiger partial charge in [-0.2, -0.15) is 0 Å². The number of rotatable bonds is 7. The molecule has 1 saturated carbocycles. The molecular weight excluding hydrogens is 242 g/mol. The highest BCUT2D eigenvalue weighted by atomic mass is 32.2. The van der Waals surface area contributed by atoms with E-state index < -0.39 is 15.6 Å². The van der Waals surface area contributed by atoms with Gasteiger partial charge in [0.05, 0.1) is 11.8 Å². The van der Waals surface area contributed by atoms with Gasteiger partial charge in [-0.05, 0) is 32.1 Å². The number of hydrogen-bond acceptors (Lipinski definition) is 4. The summed E-state index contributed by atoms with van der Waals surface area (Å²) < 4.78 is 23.9. The molecule has 1 unspecified atom stereocenters. The van der Waals surface area contributed by atoms with Crippen LogP contribution in [0.2, 0.25) is 0 Å².